The van der Waals surface area contributed by atoms with Crippen LogP contribution in [0.5, 0.6) is 0 Å². The Morgan fingerprint density at radius 3 is 2.46 bits per heavy atom. The lowest BCUT2D eigenvalue weighted by Gasteiger charge is -2.45. The van der Waals surface area contributed by atoms with Crippen LogP contribution < -0.4 is 11.1 Å². The van der Waals surface area contributed by atoms with Crippen LogP contribution in [0.2, 0.25) is 0 Å². The maximum Gasteiger partial charge on any atom is 0.00495 e. The Morgan fingerprint density at radius 1 is 1.38 bits per heavy atom. The molecule has 0 aliphatic heterocycles. The Balaban J connectivity index is 0.00000169. The van der Waals surface area contributed by atoms with Crippen molar-refractivity contribution < 1.29 is 1.43 Å². The van der Waals surface area contributed by atoms with Gasteiger partial charge in [0.1, 0.15) is 0 Å². The Kier molecular flexibility index (Phi) is 3.03. The highest BCUT2D eigenvalue weighted by atomic mass is 14.8. The normalized spacial score (nSPS) is 39.0. The highest BCUT2D eigenvalue weighted by Gasteiger charge is 2.39. The summed E-state index contributed by atoms with van der Waals surface area (Å²) in [4.78, 5) is 0. The van der Waals surface area contributed by atoms with Crippen LogP contribution in [0.3, 0.4) is 0 Å². The van der Waals surface area contributed by atoms with Gasteiger partial charge < -0.3 is 11.1 Å². The molecule has 1 rings (SSSR count). The molecule has 2 nitrogen and oxygen atoms in total. The first-order valence-corrected chi connectivity index (χ1v) is 5.27. The highest BCUT2D eigenvalue weighted by molar-refractivity contribution is 4.93. The zero-order valence-corrected chi connectivity index (χ0v) is 9.48. The fourth-order valence-corrected chi connectivity index (χ4v) is 3.28. The molecule has 80 valence electrons. The quantitative estimate of drug-likeness (QED) is 0.692. The standard InChI is InChI=1S/C11H24N2.H2/c1-10(2)5-9(12)6-11(3,7-10)8-13-4;/h9,13H,5-8,12H2,1-4H3;1H. The van der Waals surface area contributed by atoms with E-state index in [-0.39, 0.29) is 1.43 Å². The van der Waals surface area contributed by atoms with E-state index in [9.17, 15) is 0 Å². The first kappa shape index (κ1) is 11.0. The molecule has 1 aliphatic rings. The van der Waals surface area contributed by atoms with E-state index in [2.05, 4.69) is 26.1 Å². The molecule has 0 bridgehead atoms. The van der Waals surface area contributed by atoms with Crippen molar-refractivity contribution in [2.45, 2.75) is 46.1 Å². The summed E-state index contributed by atoms with van der Waals surface area (Å²) in [6, 6.07) is 0.391. The molecule has 0 heterocycles. The average Bonchev–Trinajstić information content (AvgIpc) is 1.78. The predicted molar refractivity (Wildman–Crippen MR) is 59.8 cm³/mol. The summed E-state index contributed by atoms with van der Waals surface area (Å²) >= 11 is 0. The van der Waals surface area contributed by atoms with Crippen molar-refractivity contribution in [3.63, 3.8) is 0 Å². The van der Waals surface area contributed by atoms with E-state index in [1.807, 2.05) is 7.05 Å². The number of nitrogens with one attached hydrogen (secondary N) is 1. The molecule has 1 fully saturated rings. The predicted octanol–water partition coefficient (Wildman–Crippen LogP) is 2.00. The van der Waals surface area contributed by atoms with E-state index in [1.54, 1.807) is 0 Å². The van der Waals surface area contributed by atoms with Gasteiger partial charge in [0.15, 0.2) is 0 Å². The SMILES string of the molecule is CNCC1(C)CC(N)CC(C)(C)C1.[HH]. The maximum atomic E-state index is 6.09. The van der Waals surface area contributed by atoms with Crippen molar-refractivity contribution in [1.82, 2.24) is 5.32 Å². The molecule has 0 aromatic carbocycles. The first-order chi connectivity index (χ1) is 5.87. The van der Waals surface area contributed by atoms with Gasteiger partial charge in [0.05, 0.1) is 0 Å². The first-order valence-electron chi connectivity index (χ1n) is 5.27. The van der Waals surface area contributed by atoms with Gasteiger partial charge in [-0.05, 0) is 37.1 Å². The van der Waals surface area contributed by atoms with E-state index in [4.69, 9.17) is 5.73 Å². The van der Waals surface area contributed by atoms with E-state index >= 15 is 0 Å². The Hall–Kier alpha value is -0.0800. The van der Waals surface area contributed by atoms with Gasteiger partial charge in [0, 0.05) is 14.0 Å². The molecule has 1 saturated carbocycles. The van der Waals surface area contributed by atoms with Crippen molar-refractivity contribution in [3.8, 4) is 0 Å². The number of rotatable bonds is 2. The summed E-state index contributed by atoms with van der Waals surface area (Å²) in [6.45, 7) is 8.11. The summed E-state index contributed by atoms with van der Waals surface area (Å²) in [6.07, 6.45) is 3.62. The molecular formula is C11H26N2. The van der Waals surface area contributed by atoms with Crippen molar-refractivity contribution in [2.24, 2.45) is 16.6 Å². The lowest BCUT2D eigenvalue weighted by Crippen LogP contribution is -2.46. The molecule has 2 unspecified atom stereocenters. The van der Waals surface area contributed by atoms with Gasteiger partial charge in [-0.3, -0.25) is 0 Å². The van der Waals surface area contributed by atoms with Gasteiger partial charge in [-0.15, -0.1) is 0 Å². The minimum Gasteiger partial charge on any atom is -0.328 e. The summed E-state index contributed by atoms with van der Waals surface area (Å²) in [7, 11) is 2.03. The third-order valence-corrected chi connectivity index (χ3v) is 3.08. The van der Waals surface area contributed by atoms with Gasteiger partial charge in [0.2, 0.25) is 0 Å². The monoisotopic (exact) mass is 186 g/mol. The Morgan fingerprint density at radius 2 is 2.00 bits per heavy atom. The summed E-state index contributed by atoms with van der Waals surface area (Å²) < 4.78 is 0. The third kappa shape index (κ3) is 2.96. The molecule has 3 N–H and O–H groups in total. The Labute approximate surface area is 83.8 Å². The smallest absolute Gasteiger partial charge is 0.00495 e. The zero-order chi connectivity index (χ0) is 10.1. The van der Waals surface area contributed by atoms with Crippen LogP contribution >= 0.6 is 0 Å². The van der Waals surface area contributed by atoms with Crippen LogP contribution in [0.25, 0.3) is 0 Å². The van der Waals surface area contributed by atoms with Gasteiger partial charge in [-0.2, -0.15) is 0 Å². The molecule has 2 heteroatoms. The number of hydrogen-bond donors (Lipinski definition) is 2. The van der Waals surface area contributed by atoms with Crippen molar-refractivity contribution in [2.75, 3.05) is 13.6 Å². The second kappa shape index (κ2) is 3.58. The van der Waals surface area contributed by atoms with Crippen molar-refractivity contribution >= 4 is 0 Å². The van der Waals surface area contributed by atoms with E-state index < -0.39 is 0 Å². The summed E-state index contributed by atoms with van der Waals surface area (Å²) in [5.41, 5.74) is 6.91. The fraction of sp³-hybridized carbons (Fsp3) is 1.00. The van der Waals surface area contributed by atoms with Crippen molar-refractivity contribution in [1.29, 1.82) is 0 Å². The molecule has 0 radical (unpaired) electrons. The molecule has 0 spiro atoms. The largest absolute Gasteiger partial charge is 0.328 e. The van der Waals surface area contributed by atoms with Crippen LogP contribution in [-0.4, -0.2) is 19.6 Å². The second-order valence-electron chi connectivity index (χ2n) is 5.85. The molecule has 1 aliphatic carbocycles. The molecule has 13 heavy (non-hydrogen) atoms. The molecule has 0 aromatic heterocycles. The van der Waals surface area contributed by atoms with Crippen LogP contribution in [0.1, 0.15) is 41.5 Å². The van der Waals surface area contributed by atoms with Crippen LogP contribution in [0.15, 0.2) is 0 Å². The van der Waals surface area contributed by atoms with E-state index in [1.165, 1.54) is 12.8 Å². The molecule has 0 amide bonds. The molecule has 0 aromatic rings. The van der Waals surface area contributed by atoms with Gasteiger partial charge in [-0.25, -0.2) is 0 Å². The van der Waals surface area contributed by atoms with E-state index in [0.29, 0.717) is 16.9 Å². The Bertz CT molecular complexity index is 182. The topological polar surface area (TPSA) is 38.0 Å². The molecule has 2 atom stereocenters. The van der Waals surface area contributed by atoms with Crippen LogP contribution in [-0.2, 0) is 0 Å². The minimum absolute atomic E-state index is 0. The summed E-state index contributed by atoms with van der Waals surface area (Å²) in [5, 5.41) is 3.28. The van der Waals surface area contributed by atoms with Gasteiger partial charge in [0.25, 0.3) is 0 Å². The summed E-state index contributed by atoms with van der Waals surface area (Å²) in [5.74, 6) is 0. The third-order valence-electron chi connectivity index (χ3n) is 3.08. The number of hydrogen-bond acceptors (Lipinski definition) is 2. The van der Waals surface area contributed by atoms with Gasteiger partial charge in [-0.1, -0.05) is 20.8 Å². The second-order valence-corrected chi connectivity index (χ2v) is 5.85. The van der Waals surface area contributed by atoms with Crippen LogP contribution in [0.4, 0.5) is 0 Å². The average molecular weight is 186 g/mol. The fourth-order valence-electron chi connectivity index (χ4n) is 3.28. The highest BCUT2D eigenvalue weighted by Crippen LogP contribution is 2.44. The molecule has 0 saturated heterocycles. The van der Waals surface area contributed by atoms with Crippen LogP contribution in [0, 0.1) is 10.8 Å². The van der Waals surface area contributed by atoms with Gasteiger partial charge >= 0.3 is 0 Å². The van der Waals surface area contributed by atoms with Crippen molar-refractivity contribution in [3.05, 3.63) is 0 Å². The van der Waals surface area contributed by atoms with E-state index in [0.717, 1.165) is 13.0 Å². The lowest BCUT2D eigenvalue weighted by atomic mass is 9.63. The lowest BCUT2D eigenvalue weighted by molar-refractivity contribution is 0.0845. The minimum atomic E-state index is 0. The number of nitrogens with two attached hydrogens (primary N) is 1. The zero-order valence-electron chi connectivity index (χ0n) is 9.48. The maximum absolute atomic E-state index is 6.09. The molecular weight excluding hydrogens is 160 g/mol.